The predicted molar refractivity (Wildman–Crippen MR) is 87.3 cm³/mol. The summed E-state index contributed by atoms with van der Waals surface area (Å²) in [6, 6.07) is 9.16. The van der Waals surface area contributed by atoms with E-state index < -0.39 is 0 Å². The molecule has 1 aromatic carbocycles. The average molecular weight is 286 g/mol. The summed E-state index contributed by atoms with van der Waals surface area (Å²) in [5, 5.41) is 4.52. The molecule has 1 N–H and O–H groups in total. The van der Waals surface area contributed by atoms with E-state index in [4.69, 9.17) is 4.42 Å². The maximum atomic E-state index is 6.06. The minimum atomic E-state index is 0.731. The summed E-state index contributed by atoms with van der Waals surface area (Å²) in [6.07, 6.45) is 5.29. The Morgan fingerprint density at radius 3 is 2.95 bits per heavy atom. The van der Waals surface area contributed by atoms with Crippen LogP contribution in [0.2, 0.25) is 0 Å². The molecule has 1 aliphatic rings. The van der Waals surface area contributed by atoms with Crippen molar-refractivity contribution in [3.05, 3.63) is 35.6 Å². The van der Waals surface area contributed by atoms with E-state index in [1.165, 1.54) is 43.2 Å². The molecule has 1 aliphatic heterocycles. The normalized spacial score (nSPS) is 20.2. The largest absolute Gasteiger partial charge is 0.459 e. The van der Waals surface area contributed by atoms with Crippen LogP contribution in [0.4, 0.5) is 0 Å². The quantitative estimate of drug-likeness (QED) is 0.903. The van der Waals surface area contributed by atoms with Gasteiger partial charge < -0.3 is 9.73 Å². The lowest BCUT2D eigenvalue weighted by Crippen LogP contribution is -2.38. The zero-order valence-corrected chi connectivity index (χ0v) is 13.2. The Morgan fingerprint density at radius 1 is 1.29 bits per heavy atom. The first-order valence-corrected chi connectivity index (χ1v) is 8.21. The van der Waals surface area contributed by atoms with Crippen LogP contribution in [0.15, 0.2) is 28.7 Å². The third kappa shape index (κ3) is 2.99. The van der Waals surface area contributed by atoms with E-state index in [1.807, 2.05) is 7.05 Å². The van der Waals surface area contributed by atoms with E-state index in [-0.39, 0.29) is 0 Å². The zero-order valence-electron chi connectivity index (χ0n) is 13.2. The molecule has 2 heterocycles. The van der Waals surface area contributed by atoms with Gasteiger partial charge >= 0.3 is 0 Å². The molecular weight excluding hydrogens is 260 g/mol. The molecular formula is C18H26N2O. The number of nitrogens with zero attached hydrogens (tertiary/aromatic N) is 1. The van der Waals surface area contributed by atoms with Crippen LogP contribution in [0.1, 0.15) is 43.9 Å². The molecule has 2 aromatic rings. The number of hydrogen-bond donors (Lipinski definition) is 1. The Morgan fingerprint density at radius 2 is 2.14 bits per heavy atom. The van der Waals surface area contributed by atoms with Crippen LogP contribution in [0.3, 0.4) is 0 Å². The summed E-state index contributed by atoms with van der Waals surface area (Å²) in [6.45, 7) is 5.35. The first-order valence-electron chi connectivity index (χ1n) is 8.21. The molecule has 1 fully saturated rings. The standard InChI is InChI=1S/C18H26N2O/c1-3-14-8-6-7-11-20(14)13-16-15-9-4-5-10-17(15)21-18(16)12-19-2/h4-5,9-10,14,19H,3,6-8,11-13H2,1-2H3. The van der Waals surface area contributed by atoms with Crippen LogP contribution >= 0.6 is 0 Å². The summed E-state index contributed by atoms with van der Waals surface area (Å²) < 4.78 is 6.06. The van der Waals surface area contributed by atoms with E-state index in [2.05, 4.69) is 41.4 Å². The van der Waals surface area contributed by atoms with Gasteiger partial charge in [-0.15, -0.1) is 0 Å². The second-order valence-electron chi connectivity index (χ2n) is 6.06. The van der Waals surface area contributed by atoms with E-state index in [0.717, 1.165) is 30.5 Å². The van der Waals surface area contributed by atoms with Crippen molar-refractivity contribution in [2.24, 2.45) is 0 Å². The fourth-order valence-electron chi connectivity index (χ4n) is 3.56. The Labute approximate surface area is 127 Å². The molecule has 0 aliphatic carbocycles. The number of rotatable bonds is 5. The average Bonchev–Trinajstić information content (AvgIpc) is 2.86. The maximum Gasteiger partial charge on any atom is 0.134 e. The van der Waals surface area contributed by atoms with Crippen molar-refractivity contribution in [3.63, 3.8) is 0 Å². The van der Waals surface area contributed by atoms with E-state index in [1.54, 1.807) is 0 Å². The maximum absolute atomic E-state index is 6.06. The van der Waals surface area contributed by atoms with Crippen LogP contribution in [-0.2, 0) is 13.1 Å². The number of fused-ring (bicyclic) bond motifs is 1. The van der Waals surface area contributed by atoms with E-state index >= 15 is 0 Å². The Kier molecular flexibility index (Phi) is 4.61. The first-order chi connectivity index (χ1) is 10.3. The molecule has 114 valence electrons. The first kappa shape index (κ1) is 14.6. The third-order valence-electron chi connectivity index (χ3n) is 4.70. The lowest BCUT2D eigenvalue weighted by atomic mass is 9.98. The molecule has 0 bridgehead atoms. The van der Waals surface area contributed by atoms with Gasteiger partial charge in [0, 0.05) is 23.5 Å². The number of nitrogens with one attached hydrogen (secondary N) is 1. The van der Waals surface area contributed by atoms with E-state index in [0.29, 0.717) is 0 Å². The number of piperidine rings is 1. The molecule has 0 saturated carbocycles. The summed E-state index contributed by atoms with van der Waals surface area (Å²) in [5.41, 5.74) is 2.39. The lowest BCUT2D eigenvalue weighted by molar-refractivity contribution is 0.135. The minimum absolute atomic E-state index is 0.731. The second kappa shape index (κ2) is 6.63. The monoisotopic (exact) mass is 286 g/mol. The predicted octanol–water partition coefficient (Wildman–Crippen LogP) is 3.92. The van der Waals surface area contributed by atoms with Crippen molar-refractivity contribution in [2.75, 3.05) is 13.6 Å². The molecule has 3 heteroatoms. The fraction of sp³-hybridized carbons (Fsp3) is 0.556. The molecule has 3 rings (SSSR count). The van der Waals surface area contributed by atoms with Crippen LogP contribution < -0.4 is 5.32 Å². The molecule has 21 heavy (non-hydrogen) atoms. The minimum Gasteiger partial charge on any atom is -0.459 e. The number of hydrogen-bond acceptors (Lipinski definition) is 3. The number of likely N-dealkylation sites (tertiary alicyclic amines) is 1. The van der Waals surface area contributed by atoms with Crippen LogP contribution in [0, 0.1) is 0 Å². The van der Waals surface area contributed by atoms with Gasteiger partial charge in [0.1, 0.15) is 11.3 Å². The Balaban J connectivity index is 1.92. The van der Waals surface area contributed by atoms with Crippen molar-refractivity contribution in [1.29, 1.82) is 0 Å². The van der Waals surface area contributed by atoms with Gasteiger partial charge in [0.2, 0.25) is 0 Å². The number of para-hydroxylation sites is 1. The van der Waals surface area contributed by atoms with Crippen molar-refractivity contribution < 1.29 is 4.42 Å². The molecule has 1 aromatic heterocycles. The third-order valence-corrected chi connectivity index (χ3v) is 4.70. The molecule has 1 unspecified atom stereocenters. The van der Waals surface area contributed by atoms with Crippen LogP contribution in [-0.4, -0.2) is 24.5 Å². The van der Waals surface area contributed by atoms with Crippen molar-refractivity contribution >= 4 is 11.0 Å². The molecule has 1 atom stereocenters. The molecule has 0 spiro atoms. The lowest BCUT2D eigenvalue weighted by Gasteiger charge is -2.35. The highest BCUT2D eigenvalue weighted by atomic mass is 16.3. The van der Waals surface area contributed by atoms with E-state index in [9.17, 15) is 0 Å². The molecule has 3 nitrogen and oxygen atoms in total. The summed E-state index contributed by atoms with van der Waals surface area (Å²) in [5.74, 6) is 1.10. The number of benzene rings is 1. The van der Waals surface area contributed by atoms with Crippen LogP contribution in [0.25, 0.3) is 11.0 Å². The van der Waals surface area contributed by atoms with Gasteiger partial charge in [-0.1, -0.05) is 31.5 Å². The van der Waals surface area contributed by atoms with Crippen molar-refractivity contribution in [3.8, 4) is 0 Å². The Hall–Kier alpha value is -1.32. The van der Waals surface area contributed by atoms with Gasteiger partial charge in [-0.2, -0.15) is 0 Å². The van der Waals surface area contributed by atoms with Crippen molar-refractivity contribution in [1.82, 2.24) is 10.2 Å². The van der Waals surface area contributed by atoms with Crippen LogP contribution in [0.5, 0.6) is 0 Å². The topological polar surface area (TPSA) is 28.4 Å². The van der Waals surface area contributed by atoms with Gasteiger partial charge in [-0.3, -0.25) is 4.90 Å². The van der Waals surface area contributed by atoms with Gasteiger partial charge in [0.05, 0.1) is 6.54 Å². The fourth-order valence-corrected chi connectivity index (χ4v) is 3.56. The summed E-state index contributed by atoms with van der Waals surface area (Å²) in [4.78, 5) is 2.65. The Bertz CT molecular complexity index is 590. The van der Waals surface area contributed by atoms with Gasteiger partial charge in [0.25, 0.3) is 0 Å². The highest BCUT2D eigenvalue weighted by Gasteiger charge is 2.23. The highest BCUT2D eigenvalue weighted by Crippen LogP contribution is 2.30. The second-order valence-corrected chi connectivity index (χ2v) is 6.06. The molecule has 0 radical (unpaired) electrons. The highest BCUT2D eigenvalue weighted by molar-refractivity contribution is 5.82. The smallest absolute Gasteiger partial charge is 0.134 e. The van der Waals surface area contributed by atoms with Gasteiger partial charge in [0.15, 0.2) is 0 Å². The number of furan rings is 1. The molecule has 1 saturated heterocycles. The summed E-state index contributed by atoms with van der Waals surface area (Å²) >= 11 is 0. The zero-order chi connectivity index (χ0) is 14.7. The van der Waals surface area contributed by atoms with Crippen molar-refractivity contribution in [2.45, 2.75) is 51.7 Å². The van der Waals surface area contributed by atoms with Gasteiger partial charge in [-0.25, -0.2) is 0 Å². The summed E-state index contributed by atoms with van der Waals surface area (Å²) in [7, 11) is 1.98. The van der Waals surface area contributed by atoms with Gasteiger partial charge in [-0.05, 0) is 38.9 Å². The SMILES string of the molecule is CCC1CCCCN1Cc1c(CNC)oc2ccccc12. The molecule has 0 amide bonds.